The fourth-order valence-corrected chi connectivity index (χ4v) is 14.8. The van der Waals surface area contributed by atoms with Gasteiger partial charge in [0.1, 0.15) is 0 Å². The van der Waals surface area contributed by atoms with Crippen LogP contribution in [0.3, 0.4) is 0 Å². The first-order valence-corrected chi connectivity index (χ1v) is 25.3. The molecule has 3 nitrogen and oxygen atoms in total. The summed E-state index contributed by atoms with van der Waals surface area (Å²) in [6, 6.07) is 2.60. The highest BCUT2D eigenvalue weighted by Crippen LogP contribution is 2.56. The summed E-state index contributed by atoms with van der Waals surface area (Å²) in [7, 11) is 0. The fraction of sp³-hybridized carbons (Fsp3) is 0.391. The van der Waals surface area contributed by atoms with E-state index >= 15 is 0 Å². The van der Waals surface area contributed by atoms with Gasteiger partial charge in [-0.05, 0) is 206 Å². The van der Waals surface area contributed by atoms with Gasteiger partial charge in [0.25, 0.3) is 0 Å². The van der Waals surface area contributed by atoms with Crippen LogP contribution in [0, 0.1) is 40.5 Å². The van der Waals surface area contributed by atoms with E-state index in [9.17, 15) is 0 Å². The van der Waals surface area contributed by atoms with Gasteiger partial charge in [0.2, 0.25) is 0 Å². The van der Waals surface area contributed by atoms with Crippen LogP contribution in [0.1, 0.15) is 193 Å². The molecule has 338 valence electrons. The SMILES string of the molecule is CC1=Cc2cnc3c(c2=C(C)[C@@H]1C)=C(C)[C@@H](C)c1c-3nc2c3c1C(C)=C(C)[C@@H](C)c3c(C)c1c(C)c3c(C)c(C)c(C)c4c5c(cc(c34)c12)-c1ncc2c(c1[C@H](C)C=5C)[C@@H](C)C(C)=C(C)[C@H]2C. The second kappa shape index (κ2) is 13.7. The average Bonchev–Trinajstić information content (AvgIpc) is 3.31. The van der Waals surface area contributed by atoms with Crippen molar-refractivity contribution in [1.29, 1.82) is 0 Å². The van der Waals surface area contributed by atoms with E-state index in [1.54, 1.807) is 0 Å². The van der Waals surface area contributed by atoms with Crippen molar-refractivity contribution in [2.75, 3.05) is 0 Å². The molecule has 0 saturated carbocycles. The third kappa shape index (κ3) is 4.92. The summed E-state index contributed by atoms with van der Waals surface area (Å²) >= 11 is 0. The van der Waals surface area contributed by atoms with E-state index in [0.29, 0.717) is 17.8 Å². The number of hydrogen-bond acceptors (Lipinski definition) is 3. The van der Waals surface area contributed by atoms with Gasteiger partial charge in [-0.2, -0.15) is 0 Å². The smallest absolute Gasteiger partial charge is 0.0968 e. The predicted octanol–water partition coefficient (Wildman–Crippen LogP) is 15.3. The Hall–Kier alpha value is -5.67. The molecular weight excluding hydrogens is 811 g/mol. The molecule has 0 bridgehead atoms. The minimum Gasteiger partial charge on any atom is -0.256 e. The summed E-state index contributed by atoms with van der Waals surface area (Å²) in [5, 5.41) is 13.6. The number of aromatic nitrogens is 3. The van der Waals surface area contributed by atoms with Gasteiger partial charge in [0.05, 0.1) is 22.6 Å². The van der Waals surface area contributed by atoms with Crippen molar-refractivity contribution in [3.05, 3.63) is 123 Å². The van der Waals surface area contributed by atoms with Crippen molar-refractivity contribution >= 4 is 71.6 Å². The van der Waals surface area contributed by atoms with Gasteiger partial charge in [-0.1, -0.05) is 86.6 Å². The number of benzene rings is 4. The molecule has 0 amide bonds. The molecular formula is C64H67N3. The van der Waals surface area contributed by atoms with Crippen LogP contribution in [0.2, 0.25) is 0 Å². The second-order valence-electron chi connectivity index (χ2n) is 22.4. The van der Waals surface area contributed by atoms with Crippen molar-refractivity contribution in [3.63, 3.8) is 0 Å². The Labute approximate surface area is 397 Å². The molecule has 3 heterocycles. The minimum absolute atomic E-state index is 0.178. The number of aryl methyl sites for hydroxylation is 4. The van der Waals surface area contributed by atoms with Crippen LogP contribution in [0.4, 0.5) is 0 Å². The normalized spacial score (nSPS) is 23.0. The average molecular weight is 878 g/mol. The summed E-state index contributed by atoms with van der Waals surface area (Å²) in [6.07, 6.45) is 6.77. The molecule has 4 aromatic carbocycles. The van der Waals surface area contributed by atoms with E-state index in [4.69, 9.17) is 15.0 Å². The number of pyridine rings is 3. The Bertz CT molecular complexity index is 3920. The van der Waals surface area contributed by atoms with E-state index in [0.717, 1.165) is 16.9 Å². The Kier molecular flexibility index (Phi) is 8.75. The molecule has 0 fully saturated rings. The molecule has 5 aliphatic carbocycles. The Morgan fingerprint density at radius 3 is 1.70 bits per heavy atom. The quantitative estimate of drug-likeness (QED) is 0.0865. The maximum atomic E-state index is 6.17. The predicted molar refractivity (Wildman–Crippen MR) is 288 cm³/mol. The van der Waals surface area contributed by atoms with Crippen molar-refractivity contribution < 1.29 is 0 Å². The molecule has 3 aromatic heterocycles. The first-order chi connectivity index (χ1) is 31.7. The van der Waals surface area contributed by atoms with Crippen LogP contribution >= 0.6 is 0 Å². The van der Waals surface area contributed by atoms with E-state index in [2.05, 4.69) is 156 Å². The van der Waals surface area contributed by atoms with Gasteiger partial charge >= 0.3 is 0 Å². The van der Waals surface area contributed by atoms with Crippen LogP contribution in [0.15, 0.2) is 40.8 Å². The zero-order valence-electron chi connectivity index (χ0n) is 43.6. The minimum atomic E-state index is 0.178. The molecule has 0 aliphatic heterocycles. The zero-order chi connectivity index (χ0) is 47.6. The topological polar surface area (TPSA) is 38.7 Å². The Morgan fingerprint density at radius 1 is 0.403 bits per heavy atom. The lowest BCUT2D eigenvalue weighted by atomic mass is 9.68. The highest BCUT2D eigenvalue weighted by molar-refractivity contribution is 6.32. The van der Waals surface area contributed by atoms with E-state index in [-0.39, 0.29) is 17.8 Å². The highest BCUT2D eigenvalue weighted by atomic mass is 14.8. The molecule has 0 N–H and O–H groups in total. The van der Waals surface area contributed by atoms with Gasteiger partial charge in [-0.15, -0.1) is 0 Å². The van der Waals surface area contributed by atoms with Gasteiger partial charge in [-0.25, -0.2) is 4.98 Å². The molecule has 5 aliphatic rings. The second-order valence-corrected chi connectivity index (χ2v) is 22.4. The molecule has 67 heavy (non-hydrogen) atoms. The highest BCUT2D eigenvalue weighted by Gasteiger charge is 2.39. The lowest BCUT2D eigenvalue weighted by Gasteiger charge is -2.37. The summed E-state index contributed by atoms with van der Waals surface area (Å²) < 4.78 is 0. The summed E-state index contributed by atoms with van der Waals surface area (Å²) in [5.74, 6) is 1.76. The number of rotatable bonds is 0. The number of hydrogen-bond donors (Lipinski definition) is 0. The monoisotopic (exact) mass is 878 g/mol. The molecule has 0 spiro atoms. The van der Waals surface area contributed by atoms with Gasteiger partial charge in [0.15, 0.2) is 0 Å². The van der Waals surface area contributed by atoms with Crippen molar-refractivity contribution in [1.82, 2.24) is 15.0 Å². The van der Waals surface area contributed by atoms with Crippen LogP contribution in [0.25, 0.3) is 94.2 Å². The number of nitrogens with zero attached hydrogens (tertiary/aromatic N) is 3. The molecule has 6 atom stereocenters. The van der Waals surface area contributed by atoms with Crippen LogP contribution < -0.4 is 15.7 Å². The summed E-state index contributed by atoms with van der Waals surface area (Å²) in [6.45, 7) is 45.4. The largest absolute Gasteiger partial charge is 0.256 e. The molecule has 0 unspecified atom stereocenters. The van der Waals surface area contributed by atoms with Crippen molar-refractivity contribution in [3.8, 4) is 22.6 Å². The van der Waals surface area contributed by atoms with E-state index in [1.165, 1.54) is 176 Å². The van der Waals surface area contributed by atoms with Crippen LogP contribution in [0.5, 0.6) is 0 Å². The standard InChI is InChI=1S/C64H67N3/c1-24-20-43-22-65-63-55(50(43)31(8)25(24)2)39(16)40(17)57-54-36(13)29(6)33(10)48-42(19)49-41(18)47-32(9)28(5)35(12)53-51-37(14)38(15)56-52-34(11)27(4)26(3)30(7)46(52)23-66-61(56)45(51)21-44(58(47)53)59(49)62(60(48)54)67-64(57)63/h20-23,25,30,33-34,38,40H,1-19H3/t25-,30-,33-,34+,38-,40-/m1/s1. The van der Waals surface area contributed by atoms with E-state index in [1.807, 2.05) is 0 Å². The zero-order valence-corrected chi connectivity index (χ0v) is 43.6. The third-order valence-corrected chi connectivity index (χ3v) is 20.0. The van der Waals surface area contributed by atoms with Gasteiger partial charge in [0, 0.05) is 69.1 Å². The van der Waals surface area contributed by atoms with Crippen molar-refractivity contribution in [2.24, 2.45) is 5.92 Å². The maximum absolute atomic E-state index is 6.17. The summed E-state index contributed by atoms with van der Waals surface area (Å²) in [4.78, 5) is 17.2. The first kappa shape index (κ1) is 42.7. The van der Waals surface area contributed by atoms with Crippen LogP contribution in [-0.4, -0.2) is 15.0 Å². The lowest BCUT2D eigenvalue weighted by Crippen LogP contribution is -2.39. The molecule has 12 rings (SSSR count). The van der Waals surface area contributed by atoms with Crippen molar-refractivity contribution in [2.45, 2.75) is 161 Å². The van der Waals surface area contributed by atoms with Gasteiger partial charge < -0.3 is 0 Å². The van der Waals surface area contributed by atoms with E-state index < -0.39 is 0 Å². The molecule has 0 radical (unpaired) electrons. The first-order valence-electron chi connectivity index (χ1n) is 25.3. The third-order valence-electron chi connectivity index (χ3n) is 20.0. The Morgan fingerprint density at radius 2 is 0.985 bits per heavy atom. The Balaban J connectivity index is 1.34. The lowest BCUT2D eigenvalue weighted by molar-refractivity contribution is 0.719. The van der Waals surface area contributed by atoms with Crippen LogP contribution in [-0.2, 0) is 0 Å². The fourth-order valence-electron chi connectivity index (χ4n) is 14.8. The van der Waals surface area contributed by atoms with Gasteiger partial charge in [-0.3, -0.25) is 9.97 Å². The molecule has 7 aromatic rings. The maximum Gasteiger partial charge on any atom is 0.0968 e. The number of allylic oxidation sites excluding steroid dienone is 5. The number of fused-ring (bicyclic) bond motifs is 15. The molecule has 0 saturated heterocycles. The summed E-state index contributed by atoms with van der Waals surface area (Å²) in [5.41, 5.74) is 34.0. The molecule has 3 heteroatoms.